The van der Waals surface area contributed by atoms with Crippen LogP contribution in [0, 0.1) is 0 Å². The van der Waals surface area contributed by atoms with E-state index in [0.29, 0.717) is 0 Å². The van der Waals surface area contributed by atoms with Crippen LogP contribution < -0.4 is 0 Å². The first-order valence-corrected chi connectivity index (χ1v) is 7.80. The van der Waals surface area contributed by atoms with Gasteiger partial charge in [0, 0.05) is 0 Å². The highest BCUT2D eigenvalue weighted by molar-refractivity contribution is 6.19. The molecule has 0 spiro atoms. The van der Waals surface area contributed by atoms with Crippen LogP contribution in [0.25, 0.3) is 0 Å². The van der Waals surface area contributed by atoms with E-state index in [1.807, 2.05) is 0 Å². The van der Waals surface area contributed by atoms with Crippen molar-refractivity contribution in [2.45, 2.75) is 6.92 Å². The van der Waals surface area contributed by atoms with Crippen LogP contribution in [0.5, 0.6) is 0 Å². The minimum absolute atomic E-state index is 0.0209. The van der Waals surface area contributed by atoms with Gasteiger partial charge in [0.15, 0.2) is 0 Å². The van der Waals surface area contributed by atoms with Crippen molar-refractivity contribution in [1.29, 1.82) is 0 Å². The summed E-state index contributed by atoms with van der Waals surface area (Å²) in [4.78, 5) is 35.3. The lowest BCUT2D eigenvalue weighted by molar-refractivity contribution is -0.138. The van der Waals surface area contributed by atoms with Crippen molar-refractivity contribution in [3.63, 3.8) is 0 Å². The molecular weight excluding hydrogens is 368 g/mol. The third-order valence-electron chi connectivity index (χ3n) is 2.89. The Morgan fingerprint density at radius 2 is 1.62 bits per heavy atom. The van der Waals surface area contributed by atoms with E-state index in [2.05, 4.69) is 19.7 Å². The van der Waals surface area contributed by atoms with Crippen molar-refractivity contribution in [1.82, 2.24) is 0 Å². The number of azo groups is 1. The summed E-state index contributed by atoms with van der Waals surface area (Å²) >= 11 is 5.50. The maximum absolute atomic E-state index is 11.8. The SMILES string of the molecule is CCOC(=O)/C(N=Nc1cc(C(=O)OC)cc(C(=O)OC)c1)=C(/O)CCl. The number of hydrogen-bond donors (Lipinski definition) is 1. The summed E-state index contributed by atoms with van der Waals surface area (Å²) < 4.78 is 14.0. The Morgan fingerprint density at radius 1 is 1.08 bits per heavy atom. The van der Waals surface area contributed by atoms with Crippen LogP contribution in [0.2, 0.25) is 0 Å². The highest BCUT2D eigenvalue weighted by Crippen LogP contribution is 2.21. The van der Waals surface area contributed by atoms with Gasteiger partial charge in [-0.1, -0.05) is 0 Å². The van der Waals surface area contributed by atoms with Gasteiger partial charge in [-0.15, -0.1) is 16.7 Å². The molecule has 0 aliphatic rings. The Bertz CT molecular complexity index is 725. The average Bonchev–Trinajstić information content (AvgIpc) is 2.66. The molecule has 0 aliphatic heterocycles. The number of ether oxygens (including phenoxy) is 3. The van der Waals surface area contributed by atoms with Crippen LogP contribution in [0.15, 0.2) is 39.9 Å². The molecule has 0 saturated heterocycles. The standard InChI is InChI=1S/C16H17ClN2O7/c1-4-26-16(23)13(12(20)8-17)19-18-11-6-9(14(21)24-2)5-10(7-11)15(22)25-3/h5-7,20H,4,8H2,1-3H3/b13-12-,19-18?. The maximum atomic E-state index is 11.8. The molecule has 0 fully saturated rings. The number of carbonyl (C=O) groups excluding carboxylic acids is 3. The molecule has 0 heterocycles. The molecule has 1 aromatic rings. The van der Waals surface area contributed by atoms with E-state index < -0.39 is 29.4 Å². The molecule has 26 heavy (non-hydrogen) atoms. The van der Waals surface area contributed by atoms with Crippen molar-refractivity contribution in [2.24, 2.45) is 10.2 Å². The molecule has 0 bridgehead atoms. The van der Waals surface area contributed by atoms with Gasteiger partial charge < -0.3 is 19.3 Å². The lowest BCUT2D eigenvalue weighted by Gasteiger charge is -2.05. The molecule has 1 aromatic carbocycles. The third kappa shape index (κ3) is 5.55. The van der Waals surface area contributed by atoms with Crippen molar-refractivity contribution < 1.29 is 33.7 Å². The summed E-state index contributed by atoms with van der Waals surface area (Å²) in [5, 5.41) is 17.1. The smallest absolute Gasteiger partial charge is 0.362 e. The number of allylic oxidation sites excluding steroid dienone is 1. The van der Waals surface area contributed by atoms with Crippen LogP contribution in [-0.2, 0) is 19.0 Å². The van der Waals surface area contributed by atoms with Crippen molar-refractivity contribution in [2.75, 3.05) is 26.7 Å². The molecule has 0 aliphatic carbocycles. The molecule has 140 valence electrons. The van der Waals surface area contributed by atoms with E-state index in [0.717, 1.165) is 0 Å². The van der Waals surface area contributed by atoms with Crippen LogP contribution in [-0.4, -0.2) is 49.7 Å². The number of nitrogens with zero attached hydrogens (tertiary/aromatic N) is 2. The fraction of sp³-hybridized carbons (Fsp3) is 0.312. The summed E-state index contributed by atoms with van der Waals surface area (Å²) in [7, 11) is 2.35. The summed E-state index contributed by atoms with van der Waals surface area (Å²) in [6, 6.07) is 3.82. The van der Waals surface area contributed by atoms with E-state index >= 15 is 0 Å². The minimum Gasteiger partial charge on any atom is -0.508 e. The number of carbonyl (C=O) groups is 3. The molecule has 0 radical (unpaired) electrons. The lowest BCUT2D eigenvalue weighted by Crippen LogP contribution is -2.09. The minimum atomic E-state index is -0.924. The van der Waals surface area contributed by atoms with Gasteiger partial charge in [-0.3, -0.25) is 0 Å². The largest absolute Gasteiger partial charge is 0.508 e. The summed E-state index contributed by atoms with van der Waals surface area (Å²) in [6.07, 6.45) is 0. The molecule has 0 aromatic heterocycles. The first kappa shape index (κ1) is 21.1. The molecule has 1 N–H and O–H groups in total. The number of aliphatic hydroxyl groups excluding tert-OH is 1. The van der Waals surface area contributed by atoms with Gasteiger partial charge in [-0.05, 0) is 25.1 Å². The second-order valence-corrected chi connectivity index (χ2v) is 4.87. The highest BCUT2D eigenvalue weighted by Gasteiger charge is 2.17. The zero-order valence-corrected chi connectivity index (χ0v) is 15.1. The number of aliphatic hydroxyl groups is 1. The number of esters is 3. The normalized spacial score (nSPS) is 11.7. The van der Waals surface area contributed by atoms with E-state index in [-0.39, 0.29) is 29.3 Å². The second-order valence-electron chi connectivity index (χ2n) is 4.60. The maximum Gasteiger partial charge on any atom is 0.362 e. The molecule has 0 amide bonds. The Hall–Kier alpha value is -2.94. The Morgan fingerprint density at radius 3 is 2.04 bits per heavy atom. The molecule has 0 unspecified atom stereocenters. The number of rotatable bonds is 7. The van der Waals surface area contributed by atoms with Gasteiger partial charge in [-0.25, -0.2) is 14.4 Å². The highest BCUT2D eigenvalue weighted by atomic mass is 35.5. The molecule has 0 saturated carbocycles. The van der Waals surface area contributed by atoms with Gasteiger partial charge in [-0.2, -0.15) is 5.11 Å². The van der Waals surface area contributed by atoms with Crippen LogP contribution >= 0.6 is 11.6 Å². The third-order valence-corrected chi connectivity index (χ3v) is 3.15. The van der Waals surface area contributed by atoms with E-state index in [4.69, 9.17) is 16.3 Å². The quantitative estimate of drug-likeness (QED) is 0.191. The predicted molar refractivity (Wildman–Crippen MR) is 90.6 cm³/mol. The fourth-order valence-electron chi connectivity index (χ4n) is 1.73. The Kier molecular flexibility index (Phi) is 8.23. The number of halogens is 1. The summed E-state index contributed by atoms with van der Waals surface area (Å²) in [5.74, 6) is -3.27. The molecule has 0 atom stereocenters. The van der Waals surface area contributed by atoms with Crippen molar-refractivity contribution >= 4 is 35.2 Å². The van der Waals surface area contributed by atoms with Gasteiger partial charge in [0.2, 0.25) is 5.70 Å². The first-order valence-electron chi connectivity index (χ1n) is 7.26. The van der Waals surface area contributed by atoms with E-state index in [1.54, 1.807) is 6.92 Å². The van der Waals surface area contributed by atoms with E-state index in [9.17, 15) is 19.5 Å². The van der Waals surface area contributed by atoms with Crippen molar-refractivity contribution in [3.8, 4) is 0 Å². The summed E-state index contributed by atoms with van der Waals surface area (Å²) in [5.41, 5.74) is -0.414. The second kappa shape index (κ2) is 10.1. The lowest BCUT2D eigenvalue weighted by atomic mass is 10.1. The number of alkyl halides is 1. The molecular formula is C16H17ClN2O7. The zero-order valence-electron chi connectivity index (χ0n) is 14.3. The zero-order chi connectivity index (χ0) is 19.7. The monoisotopic (exact) mass is 384 g/mol. The molecule has 9 nitrogen and oxygen atoms in total. The molecule has 10 heteroatoms. The topological polar surface area (TPSA) is 124 Å². The fourth-order valence-corrected chi connectivity index (χ4v) is 1.85. The van der Waals surface area contributed by atoms with Gasteiger partial charge >= 0.3 is 17.9 Å². The van der Waals surface area contributed by atoms with E-state index in [1.165, 1.54) is 32.4 Å². The van der Waals surface area contributed by atoms with Crippen molar-refractivity contribution in [3.05, 3.63) is 40.8 Å². The predicted octanol–water partition coefficient (Wildman–Crippen LogP) is 2.92. The van der Waals surface area contributed by atoms with Crippen LogP contribution in [0.4, 0.5) is 5.69 Å². The molecule has 1 rings (SSSR count). The van der Waals surface area contributed by atoms with Crippen LogP contribution in [0.1, 0.15) is 27.6 Å². The van der Waals surface area contributed by atoms with Crippen LogP contribution in [0.3, 0.4) is 0 Å². The van der Waals surface area contributed by atoms with Gasteiger partial charge in [0.25, 0.3) is 0 Å². The average molecular weight is 385 g/mol. The Balaban J connectivity index is 3.35. The number of methoxy groups -OCH3 is 2. The number of hydrogen-bond acceptors (Lipinski definition) is 9. The Labute approximate surface area is 154 Å². The number of benzene rings is 1. The first-order chi connectivity index (χ1) is 12.4. The summed E-state index contributed by atoms with van der Waals surface area (Å²) in [6.45, 7) is 1.63. The van der Waals surface area contributed by atoms with Gasteiger partial charge in [0.1, 0.15) is 5.76 Å². The van der Waals surface area contributed by atoms with Gasteiger partial charge in [0.05, 0.1) is 43.5 Å².